The Kier molecular flexibility index (Phi) is 8.46. The largest absolute Gasteiger partial charge is 0.458 e. The van der Waals surface area contributed by atoms with Crippen molar-refractivity contribution in [1.29, 1.82) is 0 Å². The fourth-order valence-electron chi connectivity index (χ4n) is 3.75. The average Bonchev–Trinajstić information content (AvgIpc) is 2.89. The van der Waals surface area contributed by atoms with E-state index in [1.165, 1.54) is 11.8 Å². The van der Waals surface area contributed by atoms with Gasteiger partial charge < -0.3 is 19.6 Å². The molecule has 4 atom stereocenters. The molecule has 1 fully saturated rings. The second-order valence-corrected chi connectivity index (χ2v) is 10.4. The SMILES string of the molecule is CC(=O)N[C@@H](CC(C)C)[C@H]1[C@H](C=O)CC(C(=O)OC(C)(C)C)N1C(=O)OC(C)(C)C. The minimum absolute atomic E-state index is 0.122. The zero-order chi connectivity index (χ0) is 23.4. The van der Waals surface area contributed by atoms with E-state index >= 15 is 0 Å². The van der Waals surface area contributed by atoms with Crippen molar-refractivity contribution in [1.82, 2.24) is 10.2 Å². The Bertz CT molecular complexity index is 647. The van der Waals surface area contributed by atoms with E-state index < -0.39 is 47.3 Å². The second kappa shape index (κ2) is 9.79. The lowest BCUT2D eigenvalue weighted by molar-refractivity contribution is -0.160. The Balaban J connectivity index is 3.43. The van der Waals surface area contributed by atoms with Crippen molar-refractivity contribution in [3.05, 3.63) is 0 Å². The molecule has 0 saturated carbocycles. The minimum atomic E-state index is -0.970. The highest BCUT2D eigenvalue weighted by Gasteiger charge is 2.52. The van der Waals surface area contributed by atoms with Crippen molar-refractivity contribution in [2.45, 2.75) is 104 Å². The summed E-state index contributed by atoms with van der Waals surface area (Å²) in [5, 5.41) is 2.87. The van der Waals surface area contributed by atoms with Crippen LogP contribution in [0.3, 0.4) is 0 Å². The highest BCUT2D eigenvalue weighted by molar-refractivity contribution is 5.84. The highest BCUT2D eigenvalue weighted by Crippen LogP contribution is 2.35. The van der Waals surface area contributed by atoms with Gasteiger partial charge in [-0.1, -0.05) is 13.8 Å². The molecule has 8 nitrogen and oxygen atoms in total. The third kappa shape index (κ3) is 7.61. The van der Waals surface area contributed by atoms with Gasteiger partial charge in [0.15, 0.2) is 0 Å². The number of carbonyl (C=O) groups is 4. The lowest BCUT2D eigenvalue weighted by Gasteiger charge is -2.37. The van der Waals surface area contributed by atoms with Gasteiger partial charge in [0, 0.05) is 12.8 Å². The first-order valence-electron chi connectivity index (χ1n) is 10.5. The van der Waals surface area contributed by atoms with E-state index in [0.29, 0.717) is 6.42 Å². The minimum Gasteiger partial charge on any atom is -0.458 e. The smallest absolute Gasteiger partial charge is 0.411 e. The number of rotatable bonds is 6. The van der Waals surface area contributed by atoms with Crippen LogP contribution in [0.1, 0.15) is 75.2 Å². The molecule has 8 heteroatoms. The van der Waals surface area contributed by atoms with Crippen LogP contribution in [0.15, 0.2) is 0 Å². The van der Waals surface area contributed by atoms with Crippen LogP contribution < -0.4 is 5.32 Å². The van der Waals surface area contributed by atoms with Crippen LogP contribution >= 0.6 is 0 Å². The maximum Gasteiger partial charge on any atom is 0.411 e. The molecule has 0 aromatic rings. The molecule has 0 aromatic carbocycles. The zero-order valence-electron chi connectivity index (χ0n) is 19.8. The highest BCUT2D eigenvalue weighted by atomic mass is 16.6. The van der Waals surface area contributed by atoms with Gasteiger partial charge in [-0.3, -0.25) is 9.69 Å². The quantitative estimate of drug-likeness (QED) is 0.517. The van der Waals surface area contributed by atoms with E-state index in [0.717, 1.165) is 6.29 Å². The molecule has 1 rings (SSSR count). The van der Waals surface area contributed by atoms with Gasteiger partial charge >= 0.3 is 12.1 Å². The van der Waals surface area contributed by atoms with Gasteiger partial charge in [-0.2, -0.15) is 0 Å². The Hall–Kier alpha value is -2.12. The second-order valence-electron chi connectivity index (χ2n) is 10.4. The Morgan fingerprint density at radius 3 is 2.00 bits per heavy atom. The molecule has 1 heterocycles. The van der Waals surface area contributed by atoms with Crippen molar-refractivity contribution in [3.8, 4) is 0 Å². The first-order valence-corrected chi connectivity index (χ1v) is 10.5. The molecule has 2 amide bonds. The molecule has 172 valence electrons. The number of likely N-dealkylation sites (tertiary alicyclic amines) is 1. The summed E-state index contributed by atoms with van der Waals surface area (Å²) in [6.45, 7) is 15.8. The summed E-state index contributed by atoms with van der Waals surface area (Å²) in [5.41, 5.74) is -1.54. The number of nitrogens with zero attached hydrogens (tertiary/aromatic N) is 1. The number of esters is 1. The van der Waals surface area contributed by atoms with Crippen LogP contribution in [0, 0.1) is 11.8 Å². The van der Waals surface area contributed by atoms with E-state index in [1.807, 2.05) is 13.8 Å². The lowest BCUT2D eigenvalue weighted by Crippen LogP contribution is -2.57. The maximum absolute atomic E-state index is 13.2. The summed E-state index contributed by atoms with van der Waals surface area (Å²) >= 11 is 0. The molecule has 0 aliphatic carbocycles. The van der Waals surface area contributed by atoms with Gasteiger partial charge in [0.2, 0.25) is 5.91 Å². The van der Waals surface area contributed by atoms with Gasteiger partial charge in [0.25, 0.3) is 0 Å². The van der Waals surface area contributed by atoms with Gasteiger partial charge in [0.1, 0.15) is 23.5 Å². The first kappa shape index (κ1) is 25.9. The van der Waals surface area contributed by atoms with Gasteiger partial charge in [0.05, 0.1) is 12.1 Å². The van der Waals surface area contributed by atoms with Crippen LogP contribution in [0.5, 0.6) is 0 Å². The number of carbonyl (C=O) groups excluding carboxylic acids is 4. The van der Waals surface area contributed by atoms with Crippen LogP contribution in [0.25, 0.3) is 0 Å². The van der Waals surface area contributed by atoms with Crippen molar-refractivity contribution >= 4 is 24.3 Å². The fraction of sp³-hybridized carbons (Fsp3) is 0.818. The van der Waals surface area contributed by atoms with Crippen molar-refractivity contribution in [3.63, 3.8) is 0 Å². The Labute approximate surface area is 180 Å². The third-order valence-corrected chi connectivity index (χ3v) is 4.58. The Morgan fingerprint density at radius 1 is 1.07 bits per heavy atom. The molecule has 0 aromatic heterocycles. The van der Waals surface area contributed by atoms with Gasteiger partial charge in [-0.15, -0.1) is 0 Å². The monoisotopic (exact) mass is 426 g/mol. The van der Waals surface area contributed by atoms with Crippen LogP contribution in [0.4, 0.5) is 4.79 Å². The van der Waals surface area contributed by atoms with E-state index in [2.05, 4.69) is 5.32 Å². The van der Waals surface area contributed by atoms with E-state index in [4.69, 9.17) is 9.47 Å². The topological polar surface area (TPSA) is 102 Å². The van der Waals surface area contributed by atoms with E-state index in [1.54, 1.807) is 41.5 Å². The number of hydrogen-bond donors (Lipinski definition) is 1. The standard InChI is InChI=1S/C22H38N2O6/c1-13(2)10-16(23-14(3)26)18-15(12-25)11-17(19(27)29-21(4,5)6)24(18)20(28)30-22(7,8)9/h12-13,15-18H,10-11H2,1-9H3,(H,23,26)/t15-,16-,17?,18+/m0/s1. The predicted octanol–water partition coefficient (Wildman–Crippen LogP) is 3.07. The van der Waals surface area contributed by atoms with Gasteiger partial charge in [-0.05, 0) is 60.3 Å². The summed E-state index contributed by atoms with van der Waals surface area (Å²) < 4.78 is 11.1. The van der Waals surface area contributed by atoms with Crippen LogP contribution in [0.2, 0.25) is 0 Å². The van der Waals surface area contributed by atoms with Crippen molar-refractivity contribution in [2.24, 2.45) is 11.8 Å². The van der Waals surface area contributed by atoms with Crippen LogP contribution in [-0.2, 0) is 23.9 Å². The fourth-order valence-corrected chi connectivity index (χ4v) is 3.75. The summed E-state index contributed by atoms with van der Waals surface area (Å²) in [6.07, 6.45) is 0.708. The molecule has 30 heavy (non-hydrogen) atoms. The number of aldehydes is 1. The molecule has 0 radical (unpaired) electrons. The molecule has 1 N–H and O–H groups in total. The number of hydrogen-bond acceptors (Lipinski definition) is 6. The molecular weight excluding hydrogens is 388 g/mol. The predicted molar refractivity (Wildman–Crippen MR) is 113 cm³/mol. The summed E-state index contributed by atoms with van der Waals surface area (Å²) in [6, 6.07) is -2.18. The number of ether oxygens (including phenoxy) is 2. The molecule has 0 spiro atoms. The van der Waals surface area contributed by atoms with Crippen molar-refractivity contribution in [2.75, 3.05) is 0 Å². The third-order valence-electron chi connectivity index (χ3n) is 4.58. The summed E-state index contributed by atoms with van der Waals surface area (Å²) in [7, 11) is 0. The molecule has 0 bridgehead atoms. The van der Waals surface area contributed by atoms with E-state index in [9.17, 15) is 19.2 Å². The molecular formula is C22H38N2O6. The van der Waals surface area contributed by atoms with Crippen molar-refractivity contribution < 1.29 is 28.7 Å². The normalized spacial score (nSPS) is 23.1. The Morgan fingerprint density at radius 2 is 1.60 bits per heavy atom. The zero-order valence-corrected chi connectivity index (χ0v) is 19.8. The maximum atomic E-state index is 13.2. The van der Waals surface area contributed by atoms with Crippen LogP contribution in [-0.4, -0.2) is 58.5 Å². The van der Waals surface area contributed by atoms with E-state index in [-0.39, 0.29) is 18.2 Å². The van der Waals surface area contributed by atoms with Gasteiger partial charge in [-0.25, -0.2) is 9.59 Å². The molecule has 1 unspecified atom stereocenters. The number of nitrogens with one attached hydrogen (secondary N) is 1. The lowest BCUT2D eigenvalue weighted by atomic mass is 9.89. The average molecular weight is 427 g/mol. The molecule has 1 saturated heterocycles. The summed E-state index contributed by atoms with van der Waals surface area (Å²) in [5.74, 6) is -1.30. The molecule has 1 aliphatic rings. The number of amides is 2. The first-order chi connectivity index (χ1) is 13.6. The molecule has 1 aliphatic heterocycles. The summed E-state index contributed by atoms with van der Waals surface area (Å²) in [4.78, 5) is 51.2.